The second-order valence-electron chi connectivity index (χ2n) is 4.90. The van der Waals surface area contributed by atoms with Crippen molar-refractivity contribution in [3.8, 4) is 0 Å². The van der Waals surface area contributed by atoms with Crippen molar-refractivity contribution >= 4 is 34.6 Å². The largest absolute Gasteiger partial charge is 1.00 e. The van der Waals surface area contributed by atoms with Crippen molar-refractivity contribution in [2.45, 2.75) is 38.5 Å². The molecule has 2 unspecified atom stereocenters. The predicted octanol–water partition coefficient (Wildman–Crippen LogP) is 0.744. The fraction of sp³-hybridized carbons (Fsp3) is 0.412. The van der Waals surface area contributed by atoms with Gasteiger partial charge in [-0.3, -0.25) is 9.59 Å². The third-order valence-corrected chi connectivity index (χ3v) is 4.89. The second kappa shape index (κ2) is 16.1. The Balaban J connectivity index is -0.000000366. The van der Waals surface area contributed by atoms with Crippen LogP contribution in [0.4, 0.5) is 0 Å². The normalized spacial score (nSPS) is 11.2. The molecule has 9 heteroatoms. The first-order chi connectivity index (χ1) is 11.0. The maximum atomic E-state index is 11.2. The first kappa shape index (κ1) is 29.6. The number of carbonyl (C=O) groups excluding carboxylic acids is 1. The fourth-order valence-electron chi connectivity index (χ4n) is 2.18. The van der Waals surface area contributed by atoms with Gasteiger partial charge in [0.05, 0.1) is 18.9 Å². The van der Waals surface area contributed by atoms with Crippen LogP contribution in [-0.2, 0) is 14.3 Å². The number of rotatable bonds is 6. The molecule has 0 amide bonds. The van der Waals surface area contributed by atoms with E-state index in [1.54, 1.807) is 11.3 Å². The van der Waals surface area contributed by atoms with Crippen LogP contribution in [0.5, 0.6) is 0 Å². The van der Waals surface area contributed by atoms with E-state index in [9.17, 15) is 9.59 Å². The summed E-state index contributed by atoms with van der Waals surface area (Å²) in [5.41, 5.74) is 1.99. The van der Waals surface area contributed by atoms with E-state index < -0.39 is 5.97 Å². The Morgan fingerprint density at radius 3 is 1.73 bits per heavy atom. The molecule has 0 saturated carbocycles. The van der Waals surface area contributed by atoms with Gasteiger partial charge in [0.25, 0.3) is 0 Å². The smallest absolute Gasteiger partial charge is 0.870 e. The molecule has 2 rings (SSSR count). The maximum Gasteiger partial charge on any atom is 1.00 e. The molecule has 142 valence electrons. The third kappa shape index (κ3) is 8.99. The maximum absolute atomic E-state index is 11.2. The number of carbonyl (C=O) groups is 2. The van der Waals surface area contributed by atoms with Crippen LogP contribution in [0.25, 0.3) is 0 Å². The number of esters is 1. The molecule has 2 atom stereocenters. The molecule has 0 aliphatic rings. The second-order valence-corrected chi connectivity index (χ2v) is 6.46. The van der Waals surface area contributed by atoms with Gasteiger partial charge in [-0.25, -0.2) is 0 Å². The fourth-order valence-corrected chi connectivity index (χ4v) is 3.61. The van der Waals surface area contributed by atoms with Gasteiger partial charge in [-0.2, -0.15) is 22.7 Å². The van der Waals surface area contributed by atoms with Crippen molar-refractivity contribution in [3.63, 3.8) is 0 Å². The Kier molecular flexibility index (Phi) is 18.3. The molecule has 0 aromatic carbocycles. The molecule has 0 radical (unpaired) electrons. The Labute approximate surface area is 174 Å². The van der Waals surface area contributed by atoms with E-state index in [0.717, 1.165) is 17.5 Å². The van der Waals surface area contributed by atoms with Gasteiger partial charge in [-0.1, -0.05) is 13.8 Å². The summed E-state index contributed by atoms with van der Waals surface area (Å²) in [4.78, 5) is 21.9. The van der Waals surface area contributed by atoms with E-state index in [-0.39, 0.29) is 47.6 Å². The molecule has 0 aliphatic carbocycles. The number of aliphatic carboxylic acids is 1. The number of hydrogen-bond donors (Lipinski definition) is 1. The van der Waals surface area contributed by atoms with Gasteiger partial charge < -0.3 is 20.8 Å². The summed E-state index contributed by atoms with van der Waals surface area (Å²) < 4.78 is 4.69. The molecule has 2 aromatic heterocycles. The van der Waals surface area contributed by atoms with Crippen LogP contribution in [0.2, 0.25) is 0 Å². The average molecular weight is 396 g/mol. The summed E-state index contributed by atoms with van der Waals surface area (Å²) in [6.45, 7) is 3.87. The van der Waals surface area contributed by atoms with Crippen molar-refractivity contribution in [2.24, 2.45) is 0 Å². The summed E-state index contributed by atoms with van der Waals surface area (Å²) in [6, 6.07) is 3.84. The zero-order valence-electron chi connectivity index (χ0n) is 15.5. The minimum absolute atomic E-state index is 0. The molecule has 0 fully saturated rings. The van der Waals surface area contributed by atoms with Gasteiger partial charge in [0.15, 0.2) is 0 Å². The predicted molar refractivity (Wildman–Crippen MR) is 99.9 cm³/mol. The van der Waals surface area contributed by atoms with Gasteiger partial charge in [0, 0.05) is 0 Å². The SMILES string of the molecule is CCC(C(=O)O)c1ccsc1.CCC(C(=O)OC)c1ccsc1.O.[Li+].[OH-]. The topological polar surface area (TPSA) is 125 Å². The van der Waals surface area contributed by atoms with Crippen molar-refractivity contribution in [3.05, 3.63) is 44.8 Å². The molecule has 2 heterocycles. The molecule has 0 bridgehead atoms. The average Bonchev–Trinajstić information content (AvgIpc) is 3.22. The molecule has 6 nitrogen and oxygen atoms in total. The van der Waals surface area contributed by atoms with Crippen LogP contribution in [-0.4, -0.2) is 35.1 Å². The number of methoxy groups -OCH3 is 1. The minimum atomic E-state index is -0.731. The van der Waals surface area contributed by atoms with Gasteiger partial charge in [0.2, 0.25) is 0 Å². The van der Waals surface area contributed by atoms with Crippen molar-refractivity contribution < 1.29 is 49.2 Å². The van der Waals surface area contributed by atoms with E-state index in [0.29, 0.717) is 6.42 Å². The molecule has 26 heavy (non-hydrogen) atoms. The number of carboxylic acids is 1. The van der Waals surface area contributed by atoms with Crippen molar-refractivity contribution in [1.82, 2.24) is 0 Å². The van der Waals surface area contributed by atoms with E-state index in [2.05, 4.69) is 0 Å². The Morgan fingerprint density at radius 1 is 1.04 bits per heavy atom. The minimum Gasteiger partial charge on any atom is -0.870 e. The summed E-state index contributed by atoms with van der Waals surface area (Å²) in [5.74, 6) is -1.27. The molecular weight excluding hydrogens is 371 g/mol. The summed E-state index contributed by atoms with van der Waals surface area (Å²) in [5, 5.41) is 16.5. The zero-order valence-corrected chi connectivity index (χ0v) is 17.1. The van der Waals surface area contributed by atoms with Gasteiger partial charge in [-0.05, 0) is 57.6 Å². The van der Waals surface area contributed by atoms with Crippen LogP contribution in [0.1, 0.15) is 49.7 Å². The van der Waals surface area contributed by atoms with Crippen molar-refractivity contribution in [1.29, 1.82) is 0 Å². The monoisotopic (exact) mass is 396 g/mol. The summed E-state index contributed by atoms with van der Waals surface area (Å²) in [7, 11) is 1.43. The van der Waals surface area contributed by atoms with E-state index in [1.165, 1.54) is 18.4 Å². The molecule has 4 N–H and O–H groups in total. The molecular formula is C17H25LiO6S2. The van der Waals surface area contributed by atoms with Crippen molar-refractivity contribution in [2.75, 3.05) is 7.11 Å². The quantitative estimate of drug-likeness (QED) is 0.569. The van der Waals surface area contributed by atoms with Gasteiger partial charge >= 0.3 is 30.8 Å². The van der Waals surface area contributed by atoms with E-state index >= 15 is 0 Å². The van der Waals surface area contributed by atoms with Gasteiger partial charge in [0.1, 0.15) is 0 Å². The Hall–Kier alpha value is -1.14. The van der Waals surface area contributed by atoms with E-state index in [1.807, 2.05) is 47.5 Å². The number of thiophene rings is 2. The van der Waals surface area contributed by atoms with Crippen LogP contribution >= 0.6 is 22.7 Å². The molecule has 0 aliphatic heterocycles. The first-order valence-corrected chi connectivity index (χ1v) is 9.28. The first-order valence-electron chi connectivity index (χ1n) is 7.39. The van der Waals surface area contributed by atoms with Gasteiger partial charge in [-0.15, -0.1) is 0 Å². The number of carboxylic acid groups (broad SMARTS) is 1. The van der Waals surface area contributed by atoms with E-state index in [4.69, 9.17) is 9.84 Å². The van der Waals surface area contributed by atoms with Crippen LogP contribution in [0.15, 0.2) is 33.7 Å². The molecule has 0 spiro atoms. The van der Waals surface area contributed by atoms with Crippen LogP contribution in [0, 0.1) is 0 Å². The zero-order chi connectivity index (χ0) is 17.2. The summed E-state index contributed by atoms with van der Waals surface area (Å²) >= 11 is 3.14. The number of hydrogen-bond acceptors (Lipinski definition) is 6. The molecule has 2 aromatic rings. The van der Waals surface area contributed by atoms with Crippen LogP contribution < -0.4 is 18.9 Å². The standard InChI is InChI=1S/C9H12O2S.C8H10O2S.Li.2H2O/c1-3-8(9(10)11-2)7-4-5-12-6-7;1-2-7(8(9)10)6-3-4-11-5-6;;;/h4-6,8H,3H2,1-2H3;3-5,7H,2H2,1H3,(H,9,10);;2*1H2/q;;+1;;/p-1. The third-order valence-electron chi connectivity index (χ3n) is 3.49. The number of ether oxygens (including phenoxy) is 1. The Bertz CT molecular complexity index is 586. The van der Waals surface area contributed by atoms with Crippen LogP contribution in [0.3, 0.4) is 0 Å². The Morgan fingerprint density at radius 2 is 1.46 bits per heavy atom. The molecule has 0 saturated heterocycles. The summed E-state index contributed by atoms with van der Waals surface area (Å²) in [6.07, 6.45) is 1.45.